The third kappa shape index (κ3) is 6.16. The van der Waals surface area contributed by atoms with Crippen LogP contribution in [0.3, 0.4) is 0 Å². The number of nitrogens with one attached hydrogen (secondary N) is 1. The molecule has 5 heteroatoms. The van der Waals surface area contributed by atoms with E-state index < -0.39 is 23.5 Å². The summed E-state index contributed by atoms with van der Waals surface area (Å²) in [6.07, 6.45) is 1.08. The van der Waals surface area contributed by atoms with E-state index in [0.29, 0.717) is 12.4 Å². The van der Waals surface area contributed by atoms with Crippen LogP contribution in [0.1, 0.15) is 40.5 Å². The fraction of sp³-hybridized carbons (Fsp3) is 0.529. The molecule has 0 aliphatic carbocycles. The standard InChI is InChI=1S/C17H25NO4/c1-5-6-12-21-15(19)14(17(2,3)4)18-16(20)22-13-10-8-7-9-11-13/h7-11,14H,5-6,12H2,1-4H3,(H,18,20)/t14-/m1/s1. The van der Waals surface area contributed by atoms with Crippen LogP contribution in [0, 0.1) is 5.41 Å². The molecule has 0 spiro atoms. The zero-order valence-corrected chi connectivity index (χ0v) is 13.7. The van der Waals surface area contributed by atoms with E-state index >= 15 is 0 Å². The normalized spacial score (nSPS) is 12.4. The maximum atomic E-state index is 12.2. The molecule has 0 aliphatic rings. The summed E-state index contributed by atoms with van der Waals surface area (Å²) in [6, 6.07) is 7.94. The molecule has 0 unspecified atom stereocenters. The second kappa shape index (κ2) is 8.41. The summed E-state index contributed by atoms with van der Waals surface area (Å²) in [4.78, 5) is 24.1. The van der Waals surface area contributed by atoms with Gasteiger partial charge in [0.2, 0.25) is 0 Å². The Balaban J connectivity index is 2.65. The van der Waals surface area contributed by atoms with Crippen molar-refractivity contribution in [3.05, 3.63) is 30.3 Å². The van der Waals surface area contributed by atoms with Gasteiger partial charge in [-0.25, -0.2) is 9.59 Å². The largest absolute Gasteiger partial charge is 0.464 e. The van der Waals surface area contributed by atoms with Crippen LogP contribution in [0.5, 0.6) is 5.75 Å². The molecule has 1 amide bonds. The molecule has 1 aromatic carbocycles. The van der Waals surface area contributed by atoms with E-state index in [2.05, 4.69) is 5.32 Å². The lowest BCUT2D eigenvalue weighted by Crippen LogP contribution is -2.50. The molecule has 5 nitrogen and oxygen atoms in total. The van der Waals surface area contributed by atoms with Gasteiger partial charge in [-0.05, 0) is 24.0 Å². The lowest BCUT2D eigenvalue weighted by atomic mass is 9.87. The Hall–Kier alpha value is -2.04. The Kier molecular flexibility index (Phi) is 6.89. The second-order valence-corrected chi connectivity index (χ2v) is 6.17. The van der Waals surface area contributed by atoms with Crippen molar-refractivity contribution in [1.82, 2.24) is 5.32 Å². The number of carbonyl (C=O) groups excluding carboxylic acids is 2. The van der Waals surface area contributed by atoms with Crippen molar-refractivity contribution in [2.45, 2.75) is 46.6 Å². The summed E-state index contributed by atoms with van der Waals surface area (Å²) in [5.41, 5.74) is -0.473. The highest BCUT2D eigenvalue weighted by atomic mass is 16.6. The van der Waals surface area contributed by atoms with Crippen LogP contribution in [-0.4, -0.2) is 24.7 Å². The third-order valence-corrected chi connectivity index (χ3v) is 3.06. The maximum absolute atomic E-state index is 12.2. The van der Waals surface area contributed by atoms with Gasteiger partial charge in [-0.2, -0.15) is 0 Å². The van der Waals surface area contributed by atoms with E-state index in [4.69, 9.17) is 9.47 Å². The third-order valence-electron chi connectivity index (χ3n) is 3.06. The summed E-state index contributed by atoms with van der Waals surface area (Å²) in [5, 5.41) is 2.60. The lowest BCUT2D eigenvalue weighted by molar-refractivity contribution is -0.149. The number of benzene rings is 1. The van der Waals surface area contributed by atoms with Gasteiger partial charge in [0.1, 0.15) is 11.8 Å². The number of unbranched alkanes of at least 4 members (excludes halogenated alkanes) is 1. The van der Waals surface area contributed by atoms with Crippen molar-refractivity contribution < 1.29 is 19.1 Å². The number of hydrogen-bond acceptors (Lipinski definition) is 4. The number of rotatable bonds is 6. The second-order valence-electron chi connectivity index (χ2n) is 6.17. The van der Waals surface area contributed by atoms with E-state index in [9.17, 15) is 9.59 Å². The first-order chi connectivity index (χ1) is 10.3. The van der Waals surface area contributed by atoms with Gasteiger partial charge in [0.05, 0.1) is 6.61 Å². The van der Waals surface area contributed by atoms with Crippen LogP contribution in [-0.2, 0) is 9.53 Å². The Morgan fingerprint density at radius 3 is 2.36 bits per heavy atom. The number of amides is 1. The molecule has 22 heavy (non-hydrogen) atoms. The highest BCUT2D eigenvalue weighted by Crippen LogP contribution is 2.21. The van der Waals surface area contributed by atoms with E-state index in [-0.39, 0.29) is 0 Å². The average Bonchev–Trinajstić information content (AvgIpc) is 2.45. The quantitative estimate of drug-likeness (QED) is 0.645. The first kappa shape index (κ1) is 18.0. The van der Waals surface area contributed by atoms with E-state index in [1.807, 2.05) is 33.8 Å². The van der Waals surface area contributed by atoms with Crippen molar-refractivity contribution in [2.75, 3.05) is 6.61 Å². The smallest absolute Gasteiger partial charge is 0.413 e. The number of esters is 1. The minimum absolute atomic E-state index is 0.358. The number of para-hydroxylation sites is 1. The molecule has 0 aromatic heterocycles. The summed E-state index contributed by atoms with van der Waals surface area (Å²) in [7, 11) is 0. The van der Waals surface area contributed by atoms with Gasteiger partial charge in [-0.3, -0.25) is 0 Å². The molecule has 0 aliphatic heterocycles. The van der Waals surface area contributed by atoms with Gasteiger partial charge in [0, 0.05) is 0 Å². The molecular formula is C17H25NO4. The van der Waals surface area contributed by atoms with Crippen molar-refractivity contribution in [2.24, 2.45) is 5.41 Å². The Bertz CT molecular complexity index is 479. The molecule has 1 rings (SSSR count). The van der Waals surface area contributed by atoms with Gasteiger partial charge in [0.25, 0.3) is 0 Å². The van der Waals surface area contributed by atoms with Crippen LogP contribution in [0.4, 0.5) is 4.79 Å². The molecule has 122 valence electrons. The van der Waals surface area contributed by atoms with Crippen LogP contribution >= 0.6 is 0 Å². The monoisotopic (exact) mass is 307 g/mol. The molecule has 0 fully saturated rings. The van der Waals surface area contributed by atoms with E-state index in [1.54, 1.807) is 24.3 Å². The van der Waals surface area contributed by atoms with E-state index in [0.717, 1.165) is 12.8 Å². The summed E-state index contributed by atoms with van der Waals surface area (Å²) >= 11 is 0. The molecule has 0 saturated heterocycles. The molecule has 0 heterocycles. The zero-order chi connectivity index (χ0) is 16.6. The lowest BCUT2D eigenvalue weighted by Gasteiger charge is -2.29. The zero-order valence-electron chi connectivity index (χ0n) is 13.7. The average molecular weight is 307 g/mol. The summed E-state index contributed by atoms with van der Waals surface area (Å²) in [5.74, 6) is -0.0158. The molecule has 1 atom stereocenters. The fourth-order valence-electron chi connectivity index (χ4n) is 1.77. The first-order valence-electron chi connectivity index (χ1n) is 7.54. The predicted octanol–water partition coefficient (Wildman–Crippen LogP) is 3.53. The first-order valence-corrected chi connectivity index (χ1v) is 7.54. The van der Waals surface area contributed by atoms with Crippen molar-refractivity contribution in [1.29, 1.82) is 0 Å². The van der Waals surface area contributed by atoms with Gasteiger partial charge < -0.3 is 14.8 Å². The number of carbonyl (C=O) groups is 2. The number of ether oxygens (including phenoxy) is 2. The molecule has 0 bridgehead atoms. The van der Waals surface area contributed by atoms with Crippen molar-refractivity contribution in [3.63, 3.8) is 0 Å². The predicted molar refractivity (Wildman–Crippen MR) is 84.7 cm³/mol. The Morgan fingerprint density at radius 1 is 1.18 bits per heavy atom. The molecule has 0 radical (unpaired) electrons. The Morgan fingerprint density at radius 2 is 1.82 bits per heavy atom. The molecule has 0 saturated carbocycles. The maximum Gasteiger partial charge on any atom is 0.413 e. The van der Waals surface area contributed by atoms with Gasteiger partial charge >= 0.3 is 12.1 Å². The minimum Gasteiger partial charge on any atom is -0.464 e. The number of hydrogen-bond donors (Lipinski definition) is 1. The minimum atomic E-state index is -0.763. The van der Waals surface area contributed by atoms with Crippen LogP contribution < -0.4 is 10.1 Å². The highest BCUT2D eigenvalue weighted by molar-refractivity contribution is 5.82. The summed E-state index contributed by atoms with van der Waals surface area (Å²) in [6.45, 7) is 7.96. The van der Waals surface area contributed by atoms with E-state index in [1.165, 1.54) is 0 Å². The molecule has 1 aromatic rings. The fourth-order valence-corrected chi connectivity index (χ4v) is 1.77. The Labute approximate surface area is 132 Å². The van der Waals surface area contributed by atoms with Crippen LogP contribution in [0.2, 0.25) is 0 Å². The molecule has 1 N–H and O–H groups in total. The topological polar surface area (TPSA) is 64.6 Å². The van der Waals surface area contributed by atoms with Crippen LogP contribution in [0.25, 0.3) is 0 Å². The SMILES string of the molecule is CCCCOC(=O)[C@@H](NC(=O)Oc1ccccc1)C(C)(C)C. The summed E-state index contributed by atoms with van der Waals surface area (Å²) < 4.78 is 10.4. The van der Waals surface area contributed by atoms with Gasteiger partial charge in [0.15, 0.2) is 0 Å². The van der Waals surface area contributed by atoms with Crippen molar-refractivity contribution >= 4 is 12.1 Å². The molecular weight excluding hydrogens is 282 g/mol. The van der Waals surface area contributed by atoms with Gasteiger partial charge in [-0.1, -0.05) is 52.3 Å². The van der Waals surface area contributed by atoms with Gasteiger partial charge in [-0.15, -0.1) is 0 Å². The van der Waals surface area contributed by atoms with Crippen LogP contribution in [0.15, 0.2) is 30.3 Å². The highest BCUT2D eigenvalue weighted by Gasteiger charge is 2.34. The van der Waals surface area contributed by atoms with Crippen molar-refractivity contribution in [3.8, 4) is 5.75 Å².